The number of nitrogens with zero attached hydrogens (tertiary/aromatic N) is 1. The summed E-state index contributed by atoms with van der Waals surface area (Å²) in [7, 11) is 1.96. The molecule has 1 aromatic heterocycles. The van der Waals surface area contributed by atoms with Crippen molar-refractivity contribution in [3.05, 3.63) is 33.4 Å². The molecule has 84 valence electrons. The predicted molar refractivity (Wildman–Crippen MR) is 73.2 cm³/mol. The van der Waals surface area contributed by atoms with Gasteiger partial charge in [0.2, 0.25) is 0 Å². The molecule has 2 aromatic rings. The van der Waals surface area contributed by atoms with Crippen LogP contribution in [-0.2, 0) is 0 Å². The van der Waals surface area contributed by atoms with E-state index in [1.54, 1.807) is 0 Å². The Labute approximate surface area is 104 Å². The minimum atomic E-state index is 1.07. The molecule has 0 unspecified atom stereocenters. The highest BCUT2D eigenvalue weighted by Gasteiger charge is 2.10. The highest BCUT2D eigenvalue weighted by molar-refractivity contribution is 9.10. The number of fused-ring (bicyclic) bond motifs is 1. The molecule has 0 spiro atoms. The summed E-state index contributed by atoms with van der Waals surface area (Å²) in [5.74, 6) is 0. The van der Waals surface area contributed by atoms with Crippen LogP contribution in [0.3, 0.4) is 0 Å². The molecule has 3 heteroatoms. The van der Waals surface area contributed by atoms with E-state index in [0.717, 1.165) is 15.7 Å². The number of nitrogens with one attached hydrogen (secondary N) is 1. The number of rotatable bonds is 1. The van der Waals surface area contributed by atoms with Gasteiger partial charge in [0.1, 0.15) is 0 Å². The number of aryl methyl sites for hydroxylation is 2. The van der Waals surface area contributed by atoms with E-state index >= 15 is 0 Å². The van der Waals surface area contributed by atoms with Gasteiger partial charge in [0, 0.05) is 28.3 Å². The molecule has 0 aliphatic carbocycles. The quantitative estimate of drug-likeness (QED) is 0.854. The van der Waals surface area contributed by atoms with E-state index in [2.05, 4.69) is 59.1 Å². The number of pyridine rings is 1. The molecule has 0 saturated heterocycles. The SMILES string of the molecule is CNc1c(C)c(C)nc2c(C)c(Br)ccc12. The lowest BCUT2D eigenvalue weighted by Crippen LogP contribution is -1.99. The van der Waals surface area contributed by atoms with Crippen LogP contribution < -0.4 is 5.32 Å². The summed E-state index contributed by atoms with van der Waals surface area (Å²) in [6, 6.07) is 4.19. The maximum atomic E-state index is 4.67. The van der Waals surface area contributed by atoms with Crippen molar-refractivity contribution in [1.29, 1.82) is 0 Å². The Hall–Kier alpha value is -1.09. The van der Waals surface area contributed by atoms with Crippen LogP contribution in [-0.4, -0.2) is 12.0 Å². The Morgan fingerprint density at radius 3 is 2.44 bits per heavy atom. The molecule has 2 rings (SSSR count). The summed E-state index contributed by atoms with van der Waals surface area (Å²) in [6.07, 6.45) is 0. The zero-order valence-corrected chi connectivity index (χ0v) is 11.6. The van der Waals surface area contributed by atoms with Crippen LogP contribution in [0.4, 0.5) is 5.69 Å². The molecule has 0 aliphatic heterocycles. The first-order valence-electron chi connectivity index (χ1n) is 5.30. The van der Waals surface area contributed by atoms with Crippen molar-refractivity contribution in [3.8, 4) is 0 Å². The molecule has 0 saturated carbocycles. The fourth-order valence-corrected chi connectivity index (χ4v) is 2.30. The van der Waals surface area contributed by atoms with Gasteiger partial charge in [-0.1, -0.05) is 15.9 Å². The molecule has 1 heterocycles. The third-order valence-electron chi connectivity index (χ3n) is 3.08. The first-order valence-corrected chi connectivity index (χ1v) is 6.09. The summed E-state index contributed by atoms with van der Waals surface area (Å²) in [4.78, 5) is 4.67. The van der Waals surface area contributed by atoms with Gasteiger partial charge in [0.05, 0.1) is 5.52 Å². The highest BCUT2D eigenvalue weighted by Crippen LogP contribution is 2.32. The van der Waals surface area contributed by atoms with E-state index in [1.807, 2.05) is 7.05 Å². The molecule has 1 aromatic carbocycles. The molecular weight excluding hydrogens is 264 g/mol. The Balaban J connectivity index is 2.96. The van der Waals surface area contributed by atoms with Gasteiger partial charge in [-0.15, -0.1) is 0 Å². The second-order valence-electron chi connectivity index (χ2n) is 4.02. The number of anilines is 1. The van der Waals surface area contributed by atoms with E-state index in [1.165, 1.54) is 22.2 Å². The molecule has 0 radical (unpaired) electrons. The van der Waals surface area contributed by atoms with Crippen LogP contribution in [0.15, 0.2) is 16.6 Å². The molecule has 0 atom stereocenters. The van der Waals surface area contributed by atoms with Crippen molar-refractivity contribution in [2.45, 2.75) is 20.8 Å². The maximum Gasteiger partial charge on any atom is 0.0766 e. The standard InChI is InChI=1S/C13H15BrN2/c1-7-9(3)16-13-8(2)11(14)6-5-10(13)12(7)15-4/h5-6H,1-4H3,(H,15,16). The van der Waals surface area contributed by atoms with Gasteiger partial charge < -0.3 is 5.32 Å². The topological polar surface area (TPSA) is 24.9 Å². The van der Waals surface area contributed by atoms with Crippen LogP contribution in [0.2, 0.25) is 0 Å². The third kappa shape index (κ3) is 1.59. The fraction of sp³-hybridized carbons (Fsp3) is 0.308. The van der Waals surface area contributed by atoms with Gasteiger partial charge in [-0.3, -0.25) is 4.98 Å². The highest BCUT2D eigenvalue weighted by atomic mass is 79.9. The van der Waals surface area contributed by atoms with Crippen molar-refractivity contribution in [1.82, 2.24) is 4.98 Å². The van der Waals surface area contributed by atoms with Gasteiger partial charge in [-0.05, 0) is 44.0 Å². The first-order chi connectivity index (χ1) is 7.56. The Morgan fingerprint density at radius 2 is 1.81 bits per heavy atom. The average Bonchev–Trinajstić information content (AvgIpc) is 2.27. The Bertz CT molecular complexity index is 562. The van der Waals surface area contributed by atoms with Crippen molar-refractivity contribution >= 4 is 32.5 Å². The van der Waals surface area contributed by atoms with Gasteiger partial charge >= 0.3 is 0 Å². The Morgan fingerprint density at radius 1 is 1.12 bits per heavy atom. The lowest BCUT2D eigenvalue weighted by molar-refractivity contribution is 1.18. The molecular formula is C13H15BrN2. The van der Waals surface area contributed by atoms with Crippen LogP contribution in [0.25, 0.3) is 10.9 Å². The smallest absolute Gasteiger partial charge is 0.0766 e. The summed E-state index contributed by atoms with van der Waals surface area (Å²) >= 11 is 3.55. The van der Waals surface area contributed by atoms with Crippen molar-refractivity contribution in [3.63, 3.8) is 0 Å². The first kappa shape index (κ1) is 11.4. The van der Waals surface area contributed by atoms with Crippen molar-refractivity contribution < 1.29 is 0 Å². The fourth-order valence-electron chi connectivity index (χ4n) is 1.98. The number of aromatic nitrogens is 1. The van der Waals surface area contributed by atoms with Crippen LogP contribution in [0.5, 0.6) is 0 Å². The van der Waals surface area contributed by atoms with Crippen LogP contribution >= 0.6 is 15.9 Å². The summed E-state index contributed by atoms with van der Waals surface area (Å²) in [6.45, 7) is 6.24. The zero-order chi connectivity index (χ0) is 11.9. The van der Waals surface area contributed by atoms with Crippen LogP contribution in [0.1, 0.15) is 16.8 Å². The zero-order valence-electron chi connectivity index (χ0n) is 9.98. The molecule has 1 N–H and O–H groups in total. The number of hydrogen-bond acceptors (Lipinski definition) is 2. The Kier molecular flexibility index (Phi) is 2.89. The largest absolute Gasteiger partial charge is 0.387 e. The number of benzene rings is 1. The monoisotopic (exact) mass is 278 g/mol. The minimum Gasteiger partial charge on any atom is -0.387 e. The minimum absolute atomic E-state index is 1.07. The van der Waals surface area contributed by atoms with E-state index in [0.29, 0.717) is 0 Å². The van der Waals surface area contributed by atoms with Gasteiger partial charge in [-0.2, -0.15) is 0 Å². The average molecular weight is 279 g/mol. The number of halogens is 1. The van der Waals surface area contributed by atoms with Crippen LogP contribution in [0, 0.1) is 20.8 Å². The lowest BCUT2D eigenvalue weighted by atomic mass is 10.0. The maximum absolute atomic E-state index is 4.67. The summed E-state index contributed by atoms with van der Waals surface area (Å²) in [5, 5.41) is 4.46. The molecule has 0 fully saturated rings. The van der Waals surface area contributed by atoms with Crippen molar-refractivity contribution in [2.24, 2.45) is 0 Å². The second kappa shape index (κ2) is 4.06. The van der Waals surface area contributed by atoms with Gasteiger partial charge in [0.15, 0.2) is 0 Å². The van der Waals surface area contributed by atoms with E-state index in [4.69, 9.17) is 0 Å². The van der Waals surface area contributed by atoms with Gasteiger partial charge in [-0.25, -0.2) is 0 Å². The summed E-state index contributed by atoms with van der Waals surface area (Å²) in [5.41, 5.74) is 5.74. The van der Waals surface area contributed by atoms with E-state index < -0.39 is 0 Å². The van der Waals surface area contributed by atoms with E-state index in [-0.39, 0.29) is 0 Å². The normalized spacial score (nSPS) is 10.8. The molecule has 0 aliphatic rings. The lowest BCUT2D eigenvalue weighted by Gasteiger charge is -2.13. The van der Waals surface area contributed by atoms with Crippen molar-refractivity contribution in [2.75, 3.05) is 12.4 Å². The molecule has 0 amide bonds. The van der Waals surface area contributed by atoms with E-state index in [9.17, 15) is 0 Å². The molecule has 0 bridgehead atoms. The third-order valence-corrected chi connectivity index (χ3v) is 3.94. The summed E-state index contributed by atoms with van der Waals surface area (Å²) < 4.78 is 1.11. The second-order valence-corrected chi connectivity index (χ2v) is 4.87. The molecule has 2 nitrogen and oxygen atoms in total. The predicted octanol–water partition coefficient (Wildman–Crippen LogP) is 3.96. The number of hydrogen-bond donors (Lipinski definition) is 1. The van der Waals surface area contributed by atoms with Gasteiger partial charge in [0.25, 0.3) is 0 Å². The molecule has 16 heavy (non-hydrogen) atoms.